The average molecular weight is 351 g/mol. The van der Waals surface area contributed by atoms with Crippen LogP contribution in [-0.2, 0) is 4.79 Å². The molecule has 4 nitrogen and oxygen atoms in total. The molecule has 0 unspecified atom stereocenters. The van der Waals surface area contributed by atoms with Gasteiger partial charge in [0.1, 0.15) is 0 Å². The summed E-state index contributed by atoms with van der Waals surface area (Å²) in [6, 6.07) is 15.2. The van der Waals surface area contributed by atoms with Crippen LogP contribution in [0.3, 0.4) is 0 Å². The van der Waals surface area contributed by atoms with E-state index in [9.17, 15) is 4.79 Å². The Morgan fingerprint density at radius 3 is 2.42 bits per heavy atom. The maximum Gasteiger partial charge on any atom is 0.238 e. The molecule has 0 radical (unpaired) electrons. The predicted octanol–water partition coefficient (Wildman–Crippen LogP) is 3.76. The molecule has 1 heterocycles. The van der Waals surface area contributed by atoms with Crippen LogP contribution in [0.4, 0.5) is 11.4 Å². The molecule has 26 heavy (non-hydrogen) atoms. The fourth-order valence-electron chi connectivity index (χ4n) is 3.56. The average Bonchev–Trinajstić information content (AvgIpc) is 2.59. The van der Waals surface area contributed by atoms with E-state index in [0.29, 0.717) is 12.6 Å². The third kappa shape index (κ3) is 4.44. The van der Waals surface area contributed by atoms with Gasteiger partial charge in [0.05, 0.1) is 6.54 Å². The van der Waals surface area contributed by atoms with Gasteiger partial charge in [0.2, 0.25) is 5.91 Å². The second-order valence-electron chi connectivity index (χ2n) is 7.48. The first-order valence-corrected chi connectivity index (χ1v) is 9.35. The summed E-state index contributed by atoms with van der Waals surface area (Å²) in [6.45, 7) is 11.6. The Bertz CT molecular complexity index is 769. The summed E-state index contributed by atoms with van der Waals surface area (Å²) in [7, 11) is 0. The molecule has 0 aromatic heterocycles. The van der Waals surface area contributed by atoms with Crippen molar-refractivity contribution in [2.45, 2.75) is 33.7 Å². The molecular formula is C22H29N3O. The fraction of sp³-hybridized carbons (Fsp3) is 0.409. The molecule has 0 aliphatic carbocycles. The van der Waals surface area contributed by atoms with E-state index in [1.165, 1.54) is 11.3 Å². The van der Waals surface area contributed by atoms with Gasteiger partial charge in [-0.2, -0.15) is 0 Å². The number of nitrogens with zero attached hydrogens (tertiary/aromatic N) is 2. The summed E-state index contributed by atoms with van der Waals surface area (Å²) < 4.78 is 0. The van der Waals surface area contributed by atoms with E-state index >= 15 is 0 Å². The summed E-state index contributed by atoms with van der Waals surface area (Å²) in [5, 5.41) is 3.07. The molecule has 1 fully saturated rings. The first-order valence-electron chi connectivity index (χ1n) is 9.35. The van der Waals surface area contributed by atoms with Gasteiger partial charge in [-0.3, -0.25) is 9.69 Å². The second kappa shape index (κ2) is 7.92. The van der Waals surface area contributed by atoms with Crippen molar-refractivity contribution in [2.75, 3.05) is 36.4 Å². The van der Waals surface area contributed by atoms with E-state index in [4.69, 9.17) is 0 Å². The SMILES string of the molecule is Cc1ccc(N2CCN(CC(=O)Nc3cc(C)ccc3C)C[C@H]2C)cc1. The normalized spacial score (nSPS) is 18.0. The highest BCUT2D eigenvalue weighted by Gasteiger charge is 2.25. The Kier molecular flexibility index (Phi) is 5.62. The van der Waals surface area contributed by atoms with E-state index in [1.807, 2.05) is 26.0 Å². The van der Waals surface area contributed by atoms with Crippen LogP contribution in [0.5, 0.6) is 0 Å². The molecule has 1 N–H and O–H groups in total. The Morgan fingerprint density at radius 1 is 1.04 bits per heavy atom. The van der Waals surface area contributed by atoms with Gasteiger partial charge in [-0.1, -0.05) is 29.8 Å². The number of benzene rings is 2. The highest BCUT2D eigenvalue weighted by molar-refractivity contribution is 5.93. The number of carbonyl (C=O) groups is 1. The standard InChI is InChI=1S/C22H29N3O/c1-16-6-9-20(10-7-16)25-12-11-24(14-19(25)4)15-22(26)23-21-13-17(2)5-8-18(21)3/h5-10,13,19H,11-12,14-15H2,1-4H3,(H,23,26)/t19-/m1/s1. The van der Waals surface area contributed by atoms with E-state index in [2.05, 4.69) is 59.3 Å². The number of carbonyl (C=O) groups excluding carboxylic acids is 1. The number of aryl methyl sites for hydroxylation is 3. The van der Waals surface area contributed by atoms with Crippen LogP contribution < -0.4 is 10.2 Å². The Labute approximate surface area is 156 Å². The smallest absolute Gasteiger partial charge is 0.238 e. The minimum Gasteiger partial charge on any atom is -0.366 e. The number of piperazine rings is 1. The monoisotopic (exact) mass is 351 g/mol. The molecule has 1 atom stereocenters. The number of hydrogen-bond acceptors (Lipinski definition) is 3. The van der Waals surface area contributed by atoms with E-state index in [0.717, 1.165) is 36.4 Å². The van der Waals surface area contributed by atoms with E-state index in [1.54, 1.807) is 0 Å². The molecule has 2 aromatic carbocycles. The quantitative estimate of drug-likeness (QED) is 0.911. The van der Waals surface area contributed by atoms with Crippen LogP contribution in [0, 0.1) is 20.8 Å². The van der Waals surface area contributed by atoms with Gasteiger partial charge in [0.25, 0.3) is 0 Å². The Morgan fingerprint density at radius 2 is 1.73 bits per heavy atom. The Hall–Kier alpha value is -2.33. The van der Waals surface area contributed by atoms with Crippen LogP contribution in [0.25, 0.3) is 0 Å². The number of anilines is 2. The zero-order chi connectivity index (χ0) is 18.7. The minimum atomic E-state index is 0.0645. The van der Waals surface area contributed by atoms with Gasteiger partial charge in [0.15, 0.2) is 0 Å². The highest BCUT2D eigenvalue weighted by Crippen LogP contribution is 2.21. The summed E-state index contributed by atoms with van der Waals surface area (Å²) >= 11 is 0. The summed E-state index contributed by atoms with van der Waals surface area (Å²) in [6.07, 6.45) is 0. The van der Waals surface area contributed by atoms with Crippen LogP contribution in [-0.4, -0.2) is 43.0 Å². The molecule has 0 spiro atoms. The van der Waals surface area contributed by atoms with Crippen molar-refractivity contribution >= 4 is 17.3 Å². The van der Waals surface area contributed by atoms with Gasteiger partial charge in [-0.25, -0.2) is 0 Å². The van der Waals surface area contributed by atoms with Crippen molar-refractivity contribution < 1.29 is 4.79 Å². The van der Waals surface area contributed by atoms with Crippen molar-refractivity contribution in [2.24, 2.45) is 0 Å². The highest BCUT2D eigenvalue weighted by atomic mass is 16.2. The van der Waals surface area contributed by atoms with Gasteiger partial charge < -0.3 is 10.2 Å². The number of hydrogen-bond donors (Lipinski definition) is 1. The lowest BCUT2D eigenvalue weighted by Gasteiger charge is -2.41. The molecule has 138 valence electrons. The first-order chi connectivity index (χ1) is 12.4. The molecule has 1 aliphatic rings. The second-order valence-corrected chi connectivity index (χ2v) is 7.48. The summed E-state index contributed by atoms with van der Waals surface area (Å²) in [5.74, 6) is 0.0645. The molecule has 0 saturated carbocycles. The van der Waals surface area contributed by atoms with Crippen molar-refractivity contribution in [1.82, 2.24) is 4.90 Å². The Balaban J connectivity index is 1.56. The molecular weight excluding hydrogens is 322 g/mol. The van der Waals surface area contributed by atoms with E-state index in [-0.39, 0.29) is 5.91 Å². The van der Waals surface area contributed by atoms with Crippen LogP contribution in [0.1, 0.15) is 23.6 Å². The lowest BCUT2D eigenvalue weighted by molar-refractivity contribution is -0.117. The van der Waals surface area contributed by atoms with Crippen LogP contribution in [0.15, 0.2) is 42.5 Å². The number of amides is 1. The number of nitrogens with one attached hydrogen (secondary N) is 1. The van der Waals surface area contributed by atoms with Crippen molar-refractivity contribution in [3.05, 3.63) is 59.2 Å². The predicted molar refractivity (Wildman–Crippen MR) is 109 cm³/mol. The van der Waals surface area contributed by atoms with Gasteiger partial charge >= 0.3 is 0 Å². The van der Waals surface area contributed by atoms with Crippen molar-refractivity contribution in [3.8, 4) is 0 Å². The molecule has 2 aromatic rings. The maximum absolute atomic E-state index is 12.5. The molecule has 4 heteroatoms. The summed E-state index contributed by atoms with van der Waals surface area (Å²) in [5.41, 5.74) is 5.72. The largest absolute Gasteiger partial charge is 0.366 e. The lowest BCUT2D eigenvalue weighted by Crippen LogP contribution is -2.53. The van der Waals surface area contributed by atoms with E-state index < -0.39 is 0 Å². The van der Waals surface area contributed by atoms with Gasteiger partial charge in [-0.05, 0) is 57.0 Å². The third-order valence-corrected chi connectivity index (χ3v) is 5.11. The zero-order valence-electron chi connectivity index (χ0n) is 16.2. The van der Waals surface area contributed by atoms with Crippen LogP contribution in [0.2, 0.25) is 0 Å². The molecule has 1 aliphatic heterocycles. The third-order valence-electron chi connectivity index (χ3n) is 5.11. The first kappa shape index (κ1) is 18.5. The topological polar surface area (TPSA) is 35.6 Å². The van der Waals surface area contributed by atoms with Crippen LogP contribution >= 0.6 is 0 Å². The molecule has 1 saturated heterocycles. The van der Waals surface area contributed by atoms with Crippen molar-refractivity contribution in [1.29, 1.82) is 0 Å². The maximum atomic E-state index is 12.5. The number of rotatable bonds is 4. The minimum absolute atomic E-state index is 0.0645. The molecule has 1 amide bonds. The molecule has 3 rings (SSSR count). The van der Waals surface area contributed by atoms with Gasteiger partial charge in [0, 0.05) is 37.1 Å². The fourth-order valence-corrected chi connectivity index (χ4v) is 3.56. The molecule has 0 bridgehead atoms. The summed E-state index contributed by atoms with van der Waals surface area (Å²) in [4.78, 5) is 17.1. The van der Waals surface area contributed by atoms with Crippen molar-refractivity contribution in [3.63, 3.8) is 0 Å². The van der Waals surface area contributed by atoms with Gasteiger partial charge in [-0.15, -0.1) is 0 Å². The lowest BCUT2D eigenvalue weighted by atomic mass is 10.1. The zero-order valence-corrected chi connectivity index (χ0v) is 16.2.